The van der Waals surface area contributed by atoms with Gasteiger partial charge in [-0.3, -0.25) is 4.57 Å². The zero-order valence-electron chi connectivity index (χ0n) is 8.38. The van der Waals surface area contributed by atoms with Crippen molar-refractivity contribution in [3.8, 4) is 0 Å². The van der Waals surface area contributed by atoms with Crippen molar-refractivity contribution in [3.63, 3.8) is 0 Å². The van der Waals surface area contributed by atoms with Crippen LogP contribution in [0.4, 0.5) is 0 Å². The topological polar surface area (TPSA) is 55.8 Å². The second kappa shape index (κ2) is 5.23. The molecule has 0 amide bonds. The fourth-order valence-electron chi connectivity index (χ4n) is 1.12. The molecule has 0 unspecified atom stereocenters. The van der Waals surface area contributed by atoms with Crippen LogP contribution in [0.5, 0.6) is 0 Å². The van der Waals surface area contributed by atoms with E-state index in [0.29, 0.717) is 5.56 Å². The summed E-state index contributed by atoms with van der Waals surface area (Å²) in [6, 6.07) is 6.86. The highest BCUT2D eigenvalue weighted by molar-refractivity contribution is 9.10. The highest BCUT2D eigenvalue weighted by atomic mass is 79.9. The summed E-state index contributed by atoms with van der Waals surface area (Å²) in [5, 5.41) is 9.83. The molecule has 1 aromatic carbocycles. The molecule has 0 aliphatic rings. The van der Waals surface area contributed by atoms with Crippen LogP contribution in [0.25, 0.3) is 0 Å². The summed E-state index contributed by atoms with van der Waals surface area (Å²) >= 11 is 3.26. The molecule has 0 radical (unpaired) electrons. The third-order valence-corrected chi connectivity index (χ3v) is 4.36. The Morgan fingerprint density at radius 2 is 2.00 bits per heavy atom. The van der Waals surface area contributed by atoms with Crippen LogP contribution in [0.1, 0.15) is 11.4 Å². The fraction of sp³-hybridized carbons (Fsp3) is 0.333. The molecule has 0 bridgehead atoms. The van der Waals surface area contributed by atoms with Gasteiger partial charge in [-0.05, 0) is 17.7 Å². The van der Waals surface area contributed by atoms with E-state index in [1.807, 2.05) is 0 Å². The molecule has 0 saturated heterocycles. The molecular formula is C9H12BrO4P. The van der Waals surface area contributed by atoms with Gasteiger partial charge in [-0.2, -0.15) is 0 Å². The molecule has 15 heavy (non-hydrogen) atoms. The van der Waals surface area contributed by atoms with Crippen LogP contribution in [0.2, 0.25) is 0 Å². The minimum Gasteiger partial charge on any atom is -0.376 e. The van der Waals surface area contributed by atoms with Gasteiger partial charge in [0.25, 0.3) is 0 Å². The third kappa shape index (κ3) is 2.89. The Balaban J connectivity index is 3.03. The number of benzene rings is 1. The third-order valence-electron chi connectivity index (χ3n) is 1.96. The lowest BCUT2D eigenvalue weighted by atomic mass is 10.2. The monoisotopic (exact) mass is 294 g/mol. The zero-order chi connectivity index (χ0) is 11.5. The van der Waals surface area contributed by atoms with E-state index >= 15 is 0 Å². The van der Waals surface area contributed by atoms with E-state index in [1.54, 1.807) is 24.3 Å². The lowest BCUT2D eigenvalue weighted by Gasteiger charge is -2.19. The molecule has 1 aromatic rings. The number of halogens is 1. The summed E-state index contributed by atoms with van der Waals surface area (Å²) in [5.41, 5.74) is 0.483. The molecule has 0 heterocycles. The van der Waals surface area contributed by atoms with Gasteiger partial charge in [0.1, 0.15) is 0 Å². The molecule has 0 spiro atoms. The lowest BCUT2D eigenvalue weighted by molar-refractivity contribution is 0.176. The van der Waals surface area contributed by atoms with Crippen molar-refractivity contribution in [3.05, 3.63) is 34.3 Å². The summed E-state index contributed by atoms with van der Waals surface area (Å²) in [6.07, 6.45) is 0. The molecule has 1 rings (SSSR count). The molecule has 4 nitrogen and oxygen atoms in total. The van der Waals surface area contributed by atoms with Gasteiger partial charge in [-0.15, -0.1) is 0 Å². The van der Waals surface area contributed by atoms with Crippen molar-refractivity contribution >= 4 is 23.5 Å². The van der Waals surface area contributed by atoms with Crippen molar-refractivity contribution in [2.45, 2.75) is 5.85 Å². The highest BCUT2D eigenvalue weighted by Crippen LogP contribution is 2.58. The maximum atomic E-state index is 11.9. The van der Waals surface area contributed by atoms with Crippen molar-refractivity contribution < 1.29 is 18.7 Å². The summed E-state index contributed by atoms with van der Waals surface area (Å²) in [5.74, 6) is -1.27. The van der Waals surface area contributed by atoms with Crippen molar-refractivity contribution in [2.75, 3.05) is 14.2 Å². The summed E-state index contributed by atoms with van der Waals surface area (Å²) in [6.45, 7) is 0. The minimum atomic E-state index is -3.48. The van der Waals surface area contributed by atoms with E-state index in [1.165, 1.54) is 14.2 Å². The first-order chi connectivity index (χ1) is 7.03. The number of hydrogen-bond acceptors (Lipinski definition) is 4. The van der Waals surface area contributed by atoms with Crippen LogP contribution in [0.15, 0.2) is 28.7 Å². The quantitative estimate of drug-likeness (QED) is 0.868. The molecule has 0 fully saturated rings. The van der Waals surface area contributed by atoms with Crippen molar-refractivity contribution in [1.29, 1.82) is 0 Å². The summed E-state index contributed by atoms with van der Waals surface area (Å²) < 4.78 is 22.1. The number of aliphatic hydroxyl groups excluding tert-OH is 1. The second-order valence-corrected chi connectivity index (χ2v) is 6.05. The average molecular weight is 295 g/mol. The molecular weight excluding hydrogens is 283 g/mol. The van der Waals surface area contributed by atoms with Gasteiger partial charge < -0.3 is 14.2 Å². The molecule has 1 N–H and O–H groups in total. The van der Waals surface area contributed by atoms with Crippen LogP contribution in [-0.4, -0.2) is 19.3 Å². The predicted octanol–water partition coefficient (Wildman–Crippen LogP) is 2.93. The zero-order valence-corrected chi connectivity index (χ0v) is 10.9. The number of aliphatic hydroxyl groups is 1. The van der Waals surface area contributed by atoms with Crippen LogP contribution in [-0.2, 0) is 13.6 Å². The first-order valence-electron chi connectivity index (χ1n) is 4.18. The minimum absolute atomic E-state index is 0.483. The Hall–Kier alpha value is -0.190. The SMILES string of the molecule is COP(=O)(OC)[C@@H](O)c1cccc(Br)c1. The van der Waals surface area contributed by atoms with E-state index in [4.69, 9.17) is 9.05 Å². The summed E-state index contributed by atoms with van der Waals surface area (Å²) in [7, 11) is -0.996. The molecule has 0 saturated carbocycles. The van der Waals surface area contributed by atoms with Gasteiger partial charge >= 0.3 is 7.60 Å². The fourth-order valence-corrected chi connectivity index (χ4v) is 2.62. The second-order valence-electron chi connectivity index (χ2n) is 2.83. The van der Waals surface area contributed by atoms with E-state index in [-0.39, 0.29) is 0 Å². The van der Waals surface area contributed by atoms with Crippen LogP contribution in [0.3, 0.4) is 0 Å². The first-order valence-corrected chi connectivity index (χ1v) is 6.58. The van der Waals surface area contributed by atoms with Gasteiger partial charge in [0, 0.05) is 18.7 Å². The number of rotatable bonds is 4. The highest BCUT2D eigenvalue weighted by Gasteiger charge is 2.33. The Bertz CT molecular complexity index is 374. The largest absolute Gasteiger partial charge is 0.376 e. The standard InChI is InChI=1S/C9H12BrO4P/c1-13-15(12,14-2)9(11)7-4-3-5-8(10)6-7/h3-6,9,11H,1-2H3/t9-/m1/s1. The Morgan fingerprint density at radius 1 is 1.40 bits per heavy atom. The maximum Gasteiger partial charge on any atom is 0.362 e. The van der Waals surface area contributed by atoms with E-state index in [9.17, 15) is 9.67 Å². The maximum absolute atomic E-state index is 11.9. The van der Waals surface area contributed by atoms with Crippen molar-refractivity contribution in [1.82, 2.24) is 0 Å². The first kappa shape index (κ1) is 12.9. The molecule has 0 aromatic heterocycles. The van der Waals surface area contributed by atoms with Gasteiger partial charge in [-0.25, -0.2) is 0 Å². The van der Waals surface area contributed by atoms with E-state index in [0.717, 1.165) is 4.47 Å². The van der Waals surface area contributed by atoms with Gasteiger partial charge in [0.15, 0.2) is 5.85 Å². The Morgan fingerprint density at radius 3 is 2.47 bits per heavy atom. The van der Waals surface area contributed by atoms with Gasteiger partial charge in [-0.1, -0.05) is 28.1 Å². The van der Waals surface area contributed by atoms with Crippen LogP contribution >= 0.6 is 23.5 Å². The van der Waals surface area contributed by atoms with Crippen LogP contribution in [0, 0.1) is 0 Å². The summed E-state index contributed by atoms with van der Waals surface area (Å²) in [4.78, 5) is 0. The van der Waals surface area contributed by atoms with Gasteiger partial charge in [0.05, 0.1) is 0 Å². The predicted molar refractivity (Wildman–Crippen MR) is 60.7 cm³/mol. The van der Waals surface area contributed by atoms with E-state index in [2.05, 4.69) is 15.9 Å². The average Bonchev–Trinajstić information content (AvgIpc) is 2.27. The van der Waals surface area contributed by atoms with Crippen LogP contribution < -0.4 is 0 Å². The smallest absolute Gasteiger partial charge is 0.362 e. The van der Waals surface area contributed by atoms with Gasteiger partial charge in [0.2, 0.25) is 0 Å². The molecule has 0 aliphatic carbocycles. The Labute approximate surface area is 96.9 Å². The molecule has 84 valence electrons. The molecule has 1 atom stereocenters. The van der Waals surface area contributed by atoms with Crippen molar-refractivity contribution in [2.24, 2.45) is 0 Å². The lowest BCUT2D eigenvalue weighted by Crippen LogP contribution is -2.02. The Kier molecular flexibility index (Phi) is 4.49. The number of hydrogen-bond donors (Lipinski definition) is 1. The van der Waals surface area contributed by atoms with E-state index < -0.39 is 13.4 Å². The molecule has 6 heteroatoms. The molecule has 0 aliphatic heterocycles. The normalized spacial score (nSPS) is 13.9.